The molecule has 1 N–H and O–H groups in total. The Bertz CT molecular complexity index is 667. The molecule has 2 aromatic rings. The summed E-state index contributed by atoms with van der Waals surface area (Å²) in [6.45, 7) is 3.67. The van der Waals surface area contributed by atoms with Gasteiger partial charge in [0, 0.05) is 16.3 Å². The third-order valence-corrected chi connectivity index (χ3v) is 6.22. The predicted octanol–water partition coefficient (Wildman–Crippen LogP) is 4.53. The Balaban J connectivity index is 1.53. The average molecular weight is 355 g/mol. The number of β-amino-alcohol motifs (C(OH)–C–C–N with tert-alkyl or cyclic N) is 1. The van der Waals surface area contributed by atoms with E-state index in [1.54, 1.807) is 0 Å². The lowest BCUT2D eigenvalue weighted by atomic mass is 10.2. The Kier molecular flexibility index (Phi) is 5.30. The van der Waals surface area contributed by atoms with Crippen LogP contribution < -0.4 is 4.90 Å². The van der Waals surface area contributed by atoms with E-state index in [4.69, 9.17) is 0 Å². The molecule has 0 aromatic heterocycles. The molecule has 1 fully saturated rings. The Hall–Kier alpha value is -1.49. The second-order valence-corrected chi connectivity index (χ2v) is 8.10. The molecular formula is C21H26N2OS. The molecule has 0 spiro atoms. The lowest BCUT2D eigenvalue weighted by Gasteiger charge is -2.35. The third kappa shape index (κ3) is 3.86. The molecule has 1 unspecified atom stereocenters. The van der Waals surface area contributed by atoms with Crippen LogP contribution in [0.5, 0.6) is 0 Å². The first-order valence-electron chi connectivity index (χ1n) is 9.35. The number of aliphatic hydroxyl groups is 1. The van der Waals surface area contributed by atoms with Gasteiger partial charge in [0.2, 0.25) is 0 Å². The number of benzene rings is 2. The molecule has 2 aliphatic rings. The Morgan fingerprint density at radius 1 is 0.800 bits per heavy atom. The first-order valence-corrected chi connectivity index (χ1v) is 10.2. The minimum atomic E-state index is -0.345. The number of hydrogen-bond acceptors (Lipinski definition) is 4. The topological polar surface area (TPSA) is 26.7 Å². The van der Waals surface area contributed by atoms with Crippen molar-refractivity contribution in [3.05, 3.63) is 48.5 Å². The van der Waals surface area contributed by atoms with Crippen molar-refractivity contribution in [2.75, 3.05) is 31.1 Å². The number of fused-ring (bicyclic) bond motifs is 2. The maximum absolute atomic E-state index is 10.8. The van der Waals surface area contributed by atoms with Crippen molar-refractivity contribution in [3.8, 4) is 0 Å². The third-order valence-electron chi connectivity index (χ3n) is 5.09. The van der Waals surface area contributed by atoms with Crippen LogP contribution in [-0.4, -0.2) is 42.3 Å². The van der Waals surface area contributed by atoms with Crippen LogP contribution in [0, 0.1) is 0 Å². The van der Waals surface area contributed by atoms with E-state index >= 15 is 0 Å². The van der Waals surface area contributed by atoms with E-state index in [1.807, 2.05) is 11.8 Å². The molecule has 25 heavy (non-hydrogen) atoms. The summed E-state index contributed by atoms with van der Waals surface area (Å²) in [7, 11) is 0. The van der Waals surface area contributed by atoms with Gasteiger partial charge in [-0.25, -0.2) is 0 Å². The van der Waals surface area contributed by atoms with Gasteiger partial charge in [-0.05, 0) is 50.2 Å². The smallest absolute Gasteiger partial charge is 0.0845 e. The summed E-state index contributed by atoms with van der Waals surface area (Å²) >= 11 is 1.82. The summed E-state index contributed by atoms with van der Waals surface area (Å²) in [5.74, 6) is 0. The molecule has 1 atom stereocenters. The highest BCUT2D eigenvalue weighted by atomic mass is 32.2. The van der Waals surface area contributed by atoms with Gasteiger partial charge in [0.15, 0.2) is 0 Å². The number of aliphatic hydroxyl groups excluding tert-OH is 1. The van der Waals surface area contributed by atoms with Gasteiger partial charge in [0.1, 0.15) is 0 Å². The summed E-state index contributed by atoms with van der Waals surface area (Å²) in [6, 6.07) is 17.0. The number of nitrogens with zero attached hydrogens (tertiary/aromatic N) is 2. The summed E-state index contributed by atoms with van der Waals surface area (Å²) in [6.07, 6.45) is 4.84. The zero-order chi connectivity index (χ0) is 17.1. The van der Waals surface area contributed by atoms with Crippen LogP contribution in [0.1, 0.15) is 25.7 Å². The monoisotopic (exact) mass is 354 g/mol. The van der Waals surface area contributed by atoms with Gasteiger partial charge >= 0.3 is 0 Å². The highest BCUT2D eigenvalue weighted by Crippen LogP contribution is 2.47. The molecule has 0 bridgehead atoms. The minimum absolute atomic E-state index is 0.345. The van der Waals surface area contributed by atoms with Crippen LogP contribution >= 0.6 is 11.8 Å². The zero-order valence-corrected chi connectivity index (χ0v) is 15.4. The van der Waals surface area contributed by atoms with Crippen molar-refractivity contribution in [1.82, 2.24) is 4.90 Å². The van der Waals surface area contributed by atoms with Crippen molar-refractivity contribution >= 4 is 23.1 Å². The number of hydrogen-bond donors (Lipinski definition) is 1. The van der Waals surface area contributed by atoms with Crippen molar-refractivity contribution in [2.24, 2.45) is 0 Å². The van der Waals surface area contributed by atoms with E-state index in [2.05, 4.69) is 58.3 Å². The van der Waals surface area contributed by atoms with E-state index in [1.165, 1.54) is 46.8 Å². The van der Waals surface area contributed by atoms with Crippen LogP contribution in [0.15, 0.2) is 58.3 Å². The number of rotatable bonds is 4. The number of likely N-dealkylation sites (tertiary alicyclic amines) is 1. The second kappa shape index (κ2) is 7.81. The normalized spacial score (nSPS) is 19.0. The van der Waals surface area contributed by atoms with E-state index in [9.17, 15) is 5.11 Å². The van der Waals surface area contributed by atoms with Crippen molar-refractivity contribution in [1.29, 1.82) is 0 Å². The van der Waals surface area contributed by atoms with Gasteiger partial charge in [-0.3, -0.25) is 0 Å². The fraction of sp³-hybridized carbons (Fsp3) is 0.429. The Morgan fingerprint density at radius 3 is 1.96 bits per heavy atom. The zero-order valence-electron chi connectivity index (χ0n) is 14.6. The first-order chi connectivity index (χ1) is 12.3. The SMILES string of the molecule is OC(CN1CCCCCC1)CN1c2ccccc2Sc2ccccc21. The van der Waals surface area contributed by atoms with E-state index in [0.29, 0.717) is 6.54 Å². The molecule has 3 nitrogen and oxygen atoms in total. The van der Waals surface area contributed by atoms with E-state index in [-0.39, 0.29) is 6.10 Å². The van der Waals surface area contributed by atoms with Gasteiger partial charge in [-0.2, -0.15) is 0 Å². The first kappa shape index (κ1) is 17.0. The van der Waals surface area contributed by atoms with Gasteiger partial charge in [-0.15, -0.1) is 0 Å². The molecule has 4 heteroatoms. The van der Waals surface area contributed by atoms with E-state index < -0.39 is 0 Å². The number of para-hydroxylation sites is 2. The van der Waals surface area contributed by atoms with Crippen LogP contribution in [0.4, 0.5) is 11.4 Å². The predicted molar refractivity (Wildman–Crippen MR) is 105 cm³/mol. The highest BCUT2D eigenvalue weighted by Gasteiger charge is 2.25. The maximum Gasteiger partial charge on any atom is 0.0845 e. The van der Waals surface area contributed by atoms with Crippen LogP contribution in [0.25, 0.3) is 0 Å². The molecule has 2 heterocycles. The molecule has 0 saturated carbocycles. The van der Waals surface area contributed by atoms with Gasteiger partial charge in [0.05, 0.1) is 24.0 Å². The minimum Gasteiger partial charge on any atom is -0.390 e. The molecule has 2 aliphatic heterocycles. The van der Waals surface area contributed by atoms with Gasteiger partial charge < -0.3 is 14.9 Å². The highest BCUT2D eigenvalue weighted by molar-refractivity contribution is 7.99. The maximum atomic E-state index is 10.8. The van der Waals surface area contributed by atoms with Gasteiger partial charge in [0.25, 0.3) is 0 Å². The van der Waals surface area contributed by atoms with Gasteiger partial charge in [-0.1, -0.05) is 48.9 Å². The Labute approximate surface area is 154 Å². The summed E-state index contributed by atoms with van der Waals surface area (Å²) in [5.41, 5.74) is 2.42. The lowest BCUT2D eigenvalue weighted by Crippen LogP contribution is -2.40. The lowest BCUT2D eigenvalue weighted by molar-refractivity contribution is 0.120. The average Bonchev–Trinajstić information content (AvgIpc) is 2.90. The summed E-state index contributed by atoms with van der Waals surface area (Å²) < 4.78 is 0. The molecule has 0 aliphatic carbocycles. The fourth-order valence-corrected chi connectivity index (χ4v) is 4.96. The Morgan fingerprint density at radius 2 is 1.36 bits per heavy atom. The molecule has 1 saturated heterocycles. The molecule has 0 radical (unpaired) electrons. The molecule has 0 amide bonds. The van der Waals surface area contributed by atoms with Crippen molar-refractivity contribution < 1.29 is 5.11 Å². The quantitative estimate of drug-likeness (QED) is 0.873. The van der Waals surface area contributed by atoms with E-state index in [0.717, 1.165) is 19.6 Å². The van der Waals surface area contributed by atoms with Crippen LogP contribution in [0.3, 0.4) is 0 Å². The summed E-state index contributed by atoms with van der Waals surface area (Å²) in [5, 5.41) is 10.8. The van der Waals surface area contributed by atoms with Crippen molar-refractivity contribution in [3.63, 3.8) is 0 Å². The largest absolute Gasteiger partial charge is 0.390 e. The fourth-order valence-electron chi connectivity index (χ4n) is 3.86. The number of anilines is 2. The molecule has 132 valence electrons. The van der Waals surface area contributed by atoms with Crippen molar-refractivity contribution in [2.45, 2.75) is 41.6 Å². The molecular weight excluding hydrogens is 328 g/mol. The molecule has 2 aromatic carbocycles. The molecule has 4 rings (SSSR count). The van der Waals surface area contributed by atoms with Crippen LogP contribution in [-0.2, 0) is 0 Å². The second-order valence-electron chi connectivity index (χ2n) is 7.02. The standard InChI is InChI=1S/C21H26N2OS/c24-17(15-22-13-7-1-2-8-14-22)16-23-18-9-3-5-11-20(18)25-21-12-6-4-10-19(21)23/h3-6,9-12,17,24H,1-2,7-8,13-16H2. The van der Waals surface area contributed by atoms with Crippen LogP contribution in [0.2, 0.25) is 0 Å². The summed E-state index contributed by atoms with van der Waals surface area (Å²) in [4.78, 5) is 7.27.